The van der Waals surface area contributed by atoms with Crippen LogP contribution in [-0.4, -0.2) is 28.7 Å². The molecule has 5 rings (SSSR count). The fraction of sp³-hybridized carbons (Fsp3) is 0.120. The van der Waals surface area contributed by atoms with Gasteiger partial charge >= 0.3 is 0 Å². The first-order valence-electron chi connectivity index (χ1n) is 10.00. The van der Waals surface area contributed by atoms with Crippen molar-refractivity contribution in [3.8, 4) is 28.2 Å². The molecule has 4 nitrogen and oxygen atoms in total. The number of rotatable bonds is 4. The number of benzene rings is 3. The molecular weight excluding hydrogens is 356 g/mol. The molecule has 0 aliphatic carbocycles. The van der Waals surface area contributed by atoms with Gasteiger partial charge in [0, 0.05) is 24.2 Å². The second-order valence-electron chi connectivity index (χ2n) is 7.06. The molecule has 1 aliphatic rings. The van der Waals surface area contributed by atoms with Crippen LogP contribution in [0.4, 0.5) is 0 Å². The summed E-state index contributed by atoms with van der Waals surface area (Å²) in [5.74, 6) is 0.927. The summed E-state index contributed by atoms with van der Waals surface area (Å²) in [5, 5.41) is 8.62. The SMILES string of the molecule is c1ccc(-c2nn(-c3ccccc3)c(-c3ccccc3)c2C2=NCCCN2)cc1. The maximum Gasteiger partial charge on any atom is 0.132 e. The van der Waals surface area contributed by atoms with Gasteiger partial charge in [0.2, 0.25) is 0 Å². The zero-order valence-corrected chi connectivity index (χ0v) is 16.1. The van der Waals surface area contributed by atoms with E-state index < -0.39 is 0 Å². The summed E-state index contributed by atoms with van der Waals surface area (Å²) in [6.45, 7) is 1.76. The lowest BCUT2D eigenvalue weighted by Gasteiger charge is -2.17. The van der Waals surface area contributed by atoms with Crippen molar-refractivity contribution >= 4 is 5.84 Å². The van der Waals surface area contributed by atoms with Crippen LogP contribution in [0.5, 0.6) is 0 Å². The summed E-state index contributed by atoms with van der Waals surface area (Å²) in [6.07, 6.45) is 1.05. The van der Waals surface area contributed by atoms with Crippen molar-refractivity contribution < 1.29 is 0 Å². The molecule has 2 heterocycles. The molecule has 0 atom stereocenters. The molecule has 0 amide bonds. The van der Waals surface area contributed by atoms with Crippen LogP contribution in [0.25, 0.3) is 28.2 Å². The third-order valence-corrected chi connectivity index (χ3v) is 5.11. The summed E-state index contributed by atoms with van der Waals surface area (Å²) in [5.41, 5.74) is 6.31. The van der Waals surface area contributed by atoms with Crippen LogP contribution in [0.15, 0.2) is 96.0 Å². The van der Waals surface area contributed by atoms with Gasteiger partial charge in [0.05, 0.1) is 16.9 Å². The van der Waals surface area contributed by atoms with E-state index >= 15 is 0 Å². The summed E-state index contributed by atoms with van der Waals surface area (Å²) < 4.78 is 2.05. The van der Waals surface area contributed by atoms with Gasteiger partial charge in [-0.05, 0) is 18.6 Å². The lowest BCUT2D eigenvalue weighted by Crippen LogP contribution is -2.30. The maximum absolute atomic E-state index is 5.10. The molecular formula is C25H22N4. The minimum Gasteiger partial charge on any atom is -0.370 e. The van der Waals surface area contributed by atoms with Gasteiger partial charge in [-0.25, -0.2) is 4.68 Å². The summed E-state index contributed by atoms with van der Waals surface area (Å²) in [4.78, 5) is 4.83. The lowest BCUT2D eigenvalue weighted by molar-refractivity contribution is 0.743. The Morgan fingerprint density at radius 3 is 1.97 bits per heavy atom. The third-order valence-electron chi connectivity index (χ3n) is 5.11. The van der Waals surface area contributed by atoms with E-state index in [1.54, 1.807) is 0 Å². The average molecular weight is 378 g/mol. The number of hydrogen-bond acceptors (Lipinski definition) is 3. The van der Waals surface area contributed by atoms with Crippen molar-refractivity contribution in [1.29, 1.82) is 0 Å². The third kappa shape index (κ3) is 3.34. The van der Waals surface area contributed by atoms with Crippen LogP contribution in [-0.2, 0) is 0 Å². The molecule has 0 saturated carbocycles. The first-order chi connectivity index (χ1) is 14.4. The van der Waals surface area contributed by atoms with Crippen molar-refractivity contribution in [1.82, 2.24) is 15.1 Å². The zero-order valence-electron chi connectivity index (χ0n) is 16.1. The van der Waals surface area contributed by atoms with Crippen molar-refractivity contribution in [2.45, 2.75) is 6.42 Å². The molecule has 0 saturated heterocycles. The Hall–Kier alpha value is -3.66. The first kappa shape index (κ1) is 17.4. The van der Waals surface area contributed by atoms with E-state index in [-0.39, 0.29) is 0 Å². The smallest absolute Gasteiger partial charge is 0.132 e. The summed E-state index contributed by atoms with van der Waals surface area (Å²) in [6, 6.07) is 31.1. The van der Waals surface area contributed by atoms with Crippen LogP contribution >= 0.6 is 0 Å². The van der Waals surface area contributed by atoms with Gasteiger partial charge in [0.25, 0.3) is 0 Å². The molecule has 142 valence electrons. The second kappa shape index (κ2) is 7.76. The highest BCUT2D eigenvalue weighted by atomic mass is 15.3. The Kier molecular flexibility index (Phi) is 4.67. The minimum absolute atomic E-state index is 0.835. The predicted octanol–water partition coefficient (Wildman–Crippen LogP) is 4.95. The lowest BCUT2D eigenvalue weighted by atomic mass is 10.00. The Bertz CT molecular complexity index is 1130. The van der Waals surface area contributed by atoms with E-state index in [1.807, 2.05) is 35.0 Å². The Morgan fingerprint density at radius 2 is 1.34 bits per heavy atom. The van der Waals surface area contributed by atoms with Crippen molar-refractivity contribution in [2.75, 3.05) is 13.1 Å². The monoisotopic (exact) mass is 378 g/mol. The van der Waals surface area contributed by atoms with Crippen LogP contribution in [0.3, 0.4) is 0 Å². The average Bonchev–Trinajstić information content (AvgIpc) is 3.22. The molecule has 0 bridgehead atoms. The van der Waals surface area contributed by atoms with E-state index in [4.69, 9.17) is 10.1 Å². The molecule has 1 aliphatic heterocycles. The number of nitrogens with one attached hydrogen (secondary N) is 1. The first-order valence-corrected chi connectivity index (χ1v) is 10.00. The van der Waals surface area contributed by atoms with Gasteiger partial charge in [-0.15, -0.1) is 0 Å². The number of aromatic nitrogens is 2. The number of amidine groups is 1. The number of para-hydroxylation sites is 1. The molecule has 0 radical (unpaired) electrons. The van der Waals surface area contributed by atoms with Crippen molar-refractivity contribution in [3.05, 3.63) is 96.6 Å². The van der Waals surface area contributed by atoms with E-state index in [9.17, 15) is 0 Å². The van der Waals surface area contributed by atoms with Gasteiger partial charge in [-0.1, -0.05) is 78.9 Å². The van der Waals surface area contributed by atoms with E-state index in [0.29, 0.717) is 0 Å². The molecule has 29 heavy (non-hydrogen) atoms. The van der Waals surface area contributed by atoms with Crippen LogP contribution in [0, 0.1) is 0 Å². The summed E-state index contributed by atoms with van der Waals surface area (Å²) in [7, 11) is 0. The fourth-order valence-electron chi connectivity index (χ4n) is 3.76. The molecule has 0 fully saturated rings. The van der Waals surface area contributed by atoms with Crippen LogP contribution in [0.1, 0.15) is 12.0 Å². The maximum atomic E-state index is 5.10. The molecule has 0 unspecified atom stereocenters. The zero-order chi connectivity index (χ0) is 19.5. The van der Waals surface area contributed by atoms with E-state index in [0.717, 1.165) is 59.1 Å². The molecule has 4 heteroatoms. The molecule has 0 spiro atoms. The Balaban J connectivity index is 1.84. The topological polar surface area (TPSA) is 42.2 Å². The normalized spacial score (nSPS) is 13.6. The fourth-order valence-corrected chi connectivity index (χ4v) is 3.76. The largest absolute Gasteiger partial charge is 0.370 e. The minimum atomic E-state index is 0.835. The molecule has 4 aromatic rings. The van der Waals surface area contributed by atoms with Gasteiger partial charge in [0.1, 0.15) is 11.5 Å². The molecule has 3 aromatic carbocycles. The van der Waals surface area contributed by atoms with Crippen LogP contribution in [0.2, 0.25) is 0 Å². The van der Waals surface area contributed by atoms with E-state index in [2.05, 4.69) is 66.0 Å². The Morgan fingerprint density at radius 1 is 0.724 bits per heavy atom. The molecule has 1 aromatic heterocycles. The van der Waals surface area contributed by atoms with Crippen LogP contribution < -0.4 is 5.32 Å². The number of hydrogen-bond donors (Lipinski definition) is 1. The quantitative estimate of drug-likeness (QED) is 0.546. The highest BCUT2D eigenvalue weighted by molar-refractivity contribution is 6.09. The summed E-state index contributed by atoms with van der Waals surface area (Å²) >= 11 is 0. The highest BCUT2D eigenvalue weighted by Crippen LogP contribution is 2.34. The second-order valence-corrected chi connectivity index (χ2v) is 7.06. The van der Waals surface area contributed by atoms with E-state index in [1.165, 1.54) is 0 Å². The Labute approximate surface area is 170 Å². The van der Waals surface area contributed by atoms with Gasteiger partial charge in [-0.3, -0.25) is 4.99 Å². The number of aliphatic imine (C=N–C) groups is 1. The van der Waals surface area contributed by atoms with Gasteiger partial charge in [0.15, 0.2) is 0 Å². The predicted molar refractivity (Wildman–Crippen MR) is 118 cm³/mol. The van der Waals surface area contributed by atoms with Gasteiger partial charge < -0.3 is 5.32 Å². The standard InChI is InChI=1S/C25H22N4/c1-4-11-19(12-5-1)23-22(25-26-17-10-18-27-25)24(20-13-6-2-7-14-20)29(28-23)21-15-8-3-9-16-21/h1-9,11-16H,10,17-18H2,(H,26,27). The number of nitrogens with zero attached hydrogens (tertiary/aromatic N) is 3. The van der Waals surface area contributed by atoms with Crippen molar-refractivity contribution in [2.24, 2.45) is 4.99 Å². The molecule has 1 N–H and O–H groups in total. The van der Waals surface area contributed by atoms with Gasteiger partial charge in [-0.2, -0.15) is 5.10 Å². The highest BCUT2D eigenvalue weighted by Gasteiger charge is 2.25. The van der Waals surface area contributed by atoms with Crippen molar-refractivity contribution in [3.63, 3.8) is 0 Å².